The van der Waals surface area contributed by atoms with E-state index in [1.54, 1.807) is 0 Å². The van der Waals surface area contributed by atoms with Gasteiger partial charge >= 0.3 is 0 Å². The van der Waals surface area contributed by atoms with Gasteiger partial charge in [0.05, 0.1) is 6.04 Å². The fourth-order valence-electron chi connectivity index (χ4n) is 3.46. The molecule has 0 aromatic heterocycles. The van der Waals surface area contributed by atoms with E-state index < -0.39 is 6.04 Å². The van der Waals surface area contributed by atoms with E-state index in [1.165, 1.54) is 12.0 Å². The number of nitrogens with one attached hydrogen (secondary N) is 1. The third kappa shape index (κ3) is 5.15. The largest absolute Gasteiger partial charge is 0.353 e. The van der Waals surface area contributed by atoms with Crippen LogP contribution in [-0.2, 0) is 17.8 Å². The molecule has 0 spiro atoms. The Bertz CT molecular complexity index is 659. The van der Waals surface area contributed by atoms with Crippen LogP contribution < -0.4 is 11.1 Å². The lowest BCUT2D eigenvalue weighted by atomic mass is 10.1. The summed E-state index contributed by atoms with van der Waals surface area (Å²) < 4.78 is 0. The van der Waals surface area contributed by atoms with E-state index in [1.807, 2.05) is 36.4 Å². The summed E-state index contributed by atoms with van der Waals surface area (Å²) in [5.41, 5.74) is 8.48. The maximum absolute atomic E-state index is 12.3. The van der Waals surface area contributed by atoms with Crippen LogP contribution in [0.5, 0.6) is 0 Å². The number of nitrogens with zero attached hydrogens (tertiary/aromatic N) is 1. The molecule has 132 valence electrons. The number of amides is 1. The monoisotopic (exact) mass is 337 g/mol. The van der Waals surface area contributed by atoms with Crippen LogP contribution in [0.25, 0.3) is 0 Å². The zero-order chi connectivity index (χ0) is 17.5. The van der Waals surface area contributed by atoms with Crippen molar-refractivity contribution >= 4 is 5.91 Å². The maximum Gasteiger partial charge on any atom is 0.237 e. The van der Waals surface area contributed by atoms with Crippen LogP contribution in [0.1, 0.15) is 24.0 Å². The van der Waals surface area contributed by atoms with E-state index in [-0.39, 0.29) is 5.91 Å². The second-order valence-corrected chi connectivity index (χ2v) is 6.79. The van der Waals surface area contributed by atoms with Gasteiger partial charge in [0.15, 0.2) is 0 Å². The minimum atomic E-state index is -0.494. The molecule has 2 aromatic carbocycles. The first kappa shape index (κ1) is 17.6. The van der Waals surface area contributed by atoms with E-state index in [4.69, 9.17) is 5.73 Å². The van der Waals surface area contributed by atoms with E-state index in [9.17, 15) is 4.79 Å². The van der Waals surface area contributed by atoms with Crippen LogP contribution in [0, 0.1) is 0 Å². The number of likely N-dealkylation sites (tertiary alicyclic amines) is 1. The van der Waals surface area contributed by atoms with Gasteiger partial charge in [-0.2, -0.15) is 0 Å². The van der Waals surface area contributed by atoms with Gasteiger partial charge in [-0.25, -0.2) is 0 Å². The zero-order valence-corrected chi connectivity index (χ0v) is 14.6. The van der Waals surface area contributed by atoms with Crippen molar-refractivity contribution in [1.82, 2.24) is 10.2 Å². The van der Waals surface area contributed by atoms with Crippen LogP contribution in [0.4, 0.5) is 0 Å². The van der Waals surface area contributed by atoms with E-state index in [2.05, 4.69) is 34.5 Å². The number of nitrogens with two attached hydrogens (primary N) is 1. The molecular formula is C21H27N3O. The van der Waals surface area contributed by atoms with E-state index in [0.717, 1.165) is 25.1 Å². The van der Waals surface area contributed by atoms with Gasteiger partial charge in [0.2, 0.25) is 5.91 Å². The van der Waals surface area contributed by atoms with Crippen molar-refractivity contribution in [3.63, 3.8) is 0 Å². The average Bonchev–Trinajstić information content (AvgIpc) is 3.08. The van der Waals surface area contributed by atoms with Crippen molar-refractivity contribution < 1.29 is 4.79 Å². The van der Waals surface area contributed by atoms with Crippen molar-refractivity contribution in [2.75, 3.05) is 13.1 Å². The molecule has 4 nitrogen and oxygen atoms in total. The summed E-state index contributed by atoms with van der Waals surface area (Å²) in [5, 5.41) is 3.05. The number of hydrogen-bond donors (Lipinski definition) is 2. The fourth-order valence-corrected chi connectivity index (χ4v) is 3.46. The summed E-state index contributed by atoms with van der Waals surface area (Å²) >= 11 is 0. The molecule has 2 aromatic rings. The lowest BCUT2D eigenvalue weighted by Crippen LogP contribution is -2.46. The summed E-state index contributed by atoms with van der Waals surface area (Å²) in [6.45, 7) is 2.71. The quantitative estimate of drug-likeness (QED) is 0.815. The second kappa shape index (κ2) is 8.79. The van der Waals surface area contributed by atoms with Crippen LogP contribution >= 0.6 is 0 Å². The third-order valence-corrected chi connectivity index (χ3v) is 4.87. The SMILES string of the molecule is NC(Cc1ccccc1)C(=O)NCC1CCCN1Cc1ccccc1. The summed E-state index contributed by atoms with van der Waals surface area (Å²) in [7, 11) is 0. The van der Waals surface area contributed by atoms with Crippen LogP contribution in [0.2, 0.25) is 0 Å². The molecule has 1 saturated heterocycles. The zero-order valence-electron chi connectivity index (χ0n) is 14.6. The van der Waals surface area contributed by atoms with Gasteiger partial charge in [-0.3, -0.25) is 9.69 Å². The third-order valence-electron chi connectivity index (χ3n) is 4.87. The molecule has 0 radical (unpaired) electrons. The van der Waals surface area contributed by atoms with E-state index in [0.29, 0.717) is 19.0 Å². The maximum atomic E-state index is 12.3. The van der Waals surface area contributed by atoms with Gasteiger partial charge in [0.1, 0.15) is 0 Å². The summed E-state index contributed by atoms with van der Waals surface area (Å²) in [4.78, 5) is 14.8. The van der Waals surface area contributed by atoms with Crippen molar-refractivity contribution in [1.29, 1.82) is 0 Å². The Morgan fingerprint density at radius 3 is 2.40 bits per heavy atom. The lowest BCUT2D eigenvalue weighted by molar-refractivity contribution is -0.122. The minimum absolute atomic E-state index is 0.0598. The first-order chi connectivity index (χ1) is 12.2. The van der Waals surface area contributed by atoms with Crippen molar-refractivity contribution in [3.05, 3.63) is 71.8 Å². The number of carbonyl (C=O) groups is 1. The number of benzene rings is 2. The van der Waals surface area contributed by atoms with Gasteiger partial charge < -0.3 is 11.1 Å². The van der Waals surface area contributed by atoms with Crippen molar-refractivity contribution in [3.8, 4) is 0 Å². The van der Waals surface area contributed by atoms with Gasteiger partial charge in [-0.1, -0.05) is 60.7 Å². The van der Waals surface area contributed by atoms with Crippen LogP contribution in [0.15, 0.2) is 60.7 Å². The summed E-state index contributed by atoms with van der Waals surface area (Å²) in [5.74, 6) is -0.0598. The van der Waals surface area contributed by atoms with Gasteiger partial charge in [0.25, 0.3) is 0 Å². The molecule has 1 fully saturated rings. The highest BCUT2D eigenvalue weighted by atomic mass is 16.2. The topological polar surface area (TPSA) is 58.4 Å². The number of carbonyl (C=O) groups excluding carboxylic acids is 1. The van der Waals surface area contributed by atoms with Crippen LogP contribution in [-0.4, -0.2) is 36.0 Å². The number of rotatable bonds is 7. The molecule has 0 aliphatic carbocycles. The Hall–Kier alpha value is -2.17. The highest BCUT2D eigenvalue weighted by Crippen LogP contribution is 2.19. The standard InChI is InChI=1S/C21H27N3O/c22-20(14-17-8-3-1-4-9-17)21(25)23-15-19-12-7-13-24(19)16-18-10-5-2-6-11-18/h1-6,8-11,19-20H,7,12-16,22H2,(H,23,25). The molecule has 1 heterocycles. The summed E-state index contributed by atoms with van der Waals surface area (Å²) in [6.07, 6.45) is 2.88. The predicted octanol–water partition coefficient (Wildman–Crippen LogP) is 2.34. The molecule has 3 rings (SSSR count). The Balaban J connectivity index is 1.47. The highest BCUT2D eigenvalue weighted by Gasteiger charge is 2.25. The molecule has 1 aliphatic heterocycles. The van der Waals surface area contributed by atoms with Crippen molar-refractivity contribution in [2.24, 2.45) is 5.73 Å². The molecule has 2 atom stereocenters. The van der Waals surface area contributed by atoms with Gasteiger partial charge in [-0.05, 0) is 36.9 Å². The normalized spacial score (nSPS) is 18.8. The van der Waals surface area contributed by atoms with E-state index >= 15 is 0 Å². The highest BCUT2D eigenvalue weighted by molar-refractivity contribution is 5.81. The Morgan fingerprint density at radius 1 is 1.08 bits per heavy atom. The first-order valence-electron chi connectivity index (χ1n) is 9.07. The predicted molar refractivity (Wildman–Crippen MR) is 101 cm³/mol. The number of hydrogen-bond acceptors (Lipinski definition) is 3. The Labute approximate surface area is 150 Å². The smallest absolute Gasteiger partial charge is 0.237 e. The molecule has 2 unspecified atom stereocenters. The van der Waals surface area contributed by atoms with Crippen LogP contribution in [0.3, 0.4) is 0 Å². The average molecular weight is 337 g/mol. The minimum Gasteiger partial charge on any atom is -0.353 e. The molecule has 1 aliphatic rings. The second-order valence-electron chi connectivity index (χ2n) is 6.79. The molecule has 3 N–H and O–H groups in total. The summed E-state index contributed by atoms with van der Waals surface area (Å²) in [6, 6.07) is 20.3. The first-order valence-corrected chi connectivity index (χ1v) is 9.07. The van der Waals surface area contributed by atoms with Crippen molar-refractivity contribution in [2.45, 2.75) is 37.9 Å². The molecule has 1 amide bonds. The fraction of sp³-hybridized carbons (Fsp3) is 0.381. The molecule has 0 bridgehead atoms. The molecule has 4 heteroatoms. The van der Waals surface area contributed by atoms with Gasteiger partial charge in [-0.15, -0.1) is 0 Å². The molecular weight excluding hydrogens is 310 g/mol. The van der Waals surface area contributed by atoms with Gasteiger partial charge in [0, 0.05) is 19.1 Å². The Kier molecular flexibility index (Phi) is 6.20. The Morgan fingerprint density at radius 2 is 1.72 bits per heavy atom. The molecule has 25 heavy (non-hydrogen) atoms. The lowest BCUT2D eigenvalue weighted by Gasteiger charge is -2.25. The molecule has 0 saturated carbocycles.